The van der Waals surface area contributed by atoms with Crippen LogP contribution in [-0.2, 0) is 32.3 Å². The molecule has 63 heavy (non-hydrogen) atoms. The van der Waals surface area contributed by atoms with Crippen molar-refractivity contribution in [3.05, 3.63) is 47.5 Å². The molecule has 1 aromatic heterocycles. The minimum Gasteiger partial charge on any atom is -0.377 e. The molecule has 0 unspecified atom stereocenters. The van der Waals surface area contributed by atoms with Crippen molar-refractivity contribution in [2.75, 3.05) is 61.0 Å². The standard InChI is InChI=1S/C40H44F6N10O5S.ClH/c1-38(2)35(59)55(25-8-7-23(20-47)28(19-25)39(41,42)43)37(62)56(38)24-9-11-26(12-10-24)61-18-17-52-15-16-53(30(21-52)40(44,45)46)22-32(58)48-29-6-4-5-27-33(29)51(3)50-34(27)54-14-13-31(57)49-36(54)60;/h4-8,19,24,26,30H,9-18,21-22H2,1-3H3,(H,48,58)(H,49,57,60);1H/t24?,26?,30-;/m1./s1. The number of aromatic nitrogens is 2. The molecule has 5 amide bonds. The van der Waals surface area contributed by atoms with Gasteiger partial charge in [0.25, 0.3) is 5.91 Å². The van der Waals surface area contributed by atoms with E-state index in [9.17, 15) is 50.8 Å². The van der Waals surface area contributed by atoms with E-state index in [0.29, 0.717) is 42.3 Å². The topological polar surface area (TPSA) is 159 Å². The Hall–Kier alpha value is -5.08. The fourth-order valence-corrected chi connectivity index (χ4v) is 9.38. The van der Waals surface area contributed by atoms with Gasteiger partial charge in [-0.1, -0.05) is 6.07 Å². The number of ether oxygens (including phenoxy) is 1. The Morgan fingerprint density at radius 3 is 2.41 bits per heavy atom. The van der Waals surface area contributed by atoms with Crippen LogP contribution in [0.2, 0.25) is 0 Å². The predicted molar refractivity (Wildman–Crippen MR) is 224 cm³/mol. The molecule has 340 valence electrons. The molecule has 2 N–H and O–H groups in total. The number of carbonyl (C=O) groups excluding carboxylic acids is 4. The van der Waals surface area contributed by atoms with Gasteiger partial charge in [0, 0.05) is 57.6 Å². The number of hydrogen-bond donors (Lipinski definition) is 2. The van der Waals surface area contributed by atoms with Gasteiger partial charge in [0.2, 0.25) is 11.8 Å². The van der Waals surface area contributed by atoms with Crippen LogP contribution in [0.25, 0.3) is 10.9 Å². The second-order valence-corrected chi connectivity index (χ2v) is 16.6. The third kappa shape index (κ3) is 9.57. The van der Waals surface area contributed by atoms with Gasteiger partial charge < -0.3 is 15.0 Å². The van der Waals surface area contributed by atoms with Crippen molar-refractivity contribution in [1.29, 1.82) is 5.26 Å². The Morgan fingerprint density at radius 1 is 1.05 bits per heavy atom. The number of benzene rings is 2. The first-order valence-corrected chi connectivity index (χ1v) is 20.4. The molecule has 4 aliphatic rings. The van der Waals surface area contributed by atoms with E-state index in [1.165, 1.54) is 21.7 Å². The Bertz CT molecular complexity index is 2330. The van der Waals surface area contributed by atoms with E-state index in [0.717, 1.165) is 21.9 Å². The molecule has 23 heteroatoms. The number of imide groups is 1. The van der Waals surface area contributed by atoms with Crippen LogP contribution in [0.15, 0.2) is 36.4 Å². The molecular formula is C40H45ClF6N10O5S. The van der Waals surface area contributed by atoms with E-state index in [1.54, 1.807) is 48.9 Å². The van der Waals surface area contributed by atoms with Gasteiger partial charge in [-0.25, -0.2) is 4.79 Å². The van der Waals surface area contributed by atoms with Gasteiger partial charge >= 0.3 is 18.4 Å². The molecule has 15 nitrogen and oxygen atoms in total. The minimum absolute atomic E-state index is 0. The van der Waals surface area contributed by atoms with Crippen LogP contribution in [0.4, 0.5) is 48.3 Å². The van der Waals surface area contributed by atoms with Gasteiger partial charge in [-0.2, -0.15) is 36.7 Å². The number of para-hydroxylation sites is 1. The zero-order chi connectivity index (χ0) is 44.9. The van der Waals surface area contributed by atoms with E-state index in [-0.39, 0.29) is 86.9 Å². The lowest BCUT2D eigenvalue weighted by Gasteiger charge is -2.42. The van der Waals surface area contributed by atoms with Crippen LogP contribution in [0.3, 0.4) is 0 Å². The smallest absolute Gasteiger partial charge is 0.377 e. The molecule has 3 aromatic rings. The molecule has 4 heterocycles. The Balaban J connectivity index is 0.00000661. The van der Waals surface area contributed by atoms with Crippen LogP contribution in [-0.4, -0.2) is 129 Å². The van der Waals surface area contributed by atoms with Gasteiger partial charge in [0.15, 0.2) is 10.9 Å². The van der Waals surface area contributed by atoms with Crippen LogP contribution in [0.5, 0.6) is 0 Å². The SMILES string of the molecule is Cl.Cn1nc(N2CCC(=O)NC2=O)c2cccc(NC(=O)CN3CCN(CCOC4CCC(N5C(=S)N(c6ccc(C#N)c(C(F)(F)F)c6)C(=O)C5(C)C)CC4)C[C@@H]3C(F)(F)F)c21. The molecule has 4 fully saturated rings. The zero-order valence-electron chi connectivity index (χ0n) is 34.4. The Morgan fingerprint density at radius 2 is 1.76 bits per heavy atom. The van der Waals surface area contributed by atoms with Crippen LogP contribution < -0.4 is 20.4 Å². The molecule has 3 aliphatic heterocycles. The van der Waals surface area contributed by atoms with Crippen molar-refractivity contribution in [2.45, 2.75) is 82.0 Å². The number of halogens is 7. The summed E-state index contributed by atoms with van der Waals surface area (Å²) < 4.78 is 92.1. The fourth-order valence-electron chi connectivity index (χ4n) is 8.81. The number of anilines is 3. The number of nitrogens with one attached hydrogen (secondary N) is 2. The second-order valence-electron chi connectivity index (χ2n) is 16.3. The van der Waals surface area contributed by atoms with E-state index < -0.39 is 65.4 Å². The van der Waals surface area contributed by atoms with Crippen LogP contribution in [0, 0.1) is 11.3 Å². The number of aryl methyl sites for hydroxylation is 1. The maximum Gasteiger partial charge on any atom is 0.417 e. The average Bonchev–Trinajstić information content (AvgIpc) is 3.63. The molecule has 7 rings (SSSR count). The van der Waals surface area contributed by atoms with Crippen molar-refractivity contribution in [1.82, 2.24) is 29.8 Å². The summed E-state index contributed by atoms with van der Waals surface area (Å²) >= 11 is 5.68. The van der Waals surface area contributed by atoms with Crippen molar-refractivity contribution in [2.24, 2.45) is 7.05 Å². The van der Waals surface area contributed by atoms with Crippen molar-refractivity contribution in [3.8, 4) is 6.07 Å². The number of alkyl halides is 6. The van der Waals surface area contributed by atoms with Gasteiger partial charge in [-0.15, -0.1) is 12.4 Å². The lowest BCUT2D eigenvalue weighted by molar-refractivity contribution is -0.197. The normalized spacial score (nSPS) is 22.6. The number of urea groups is 1. The predicted octanol–water partition coefficient (Wildman–Crippen LogP) is 5.56. The van der Waals surface area contributed by atoms with Gasteiger partial charge in [-0.05, 0) is 82.1 Å². The average molecular weight is 927 g/mol. The van der Waals surface area contributed by atoms with Crippen LogP contribution in [0.1, 0.15) is 57.1 Å². The highest BCUT2D eigenvalue weighted by atomic mass is 35.5. The first kappa shape index (κ1) is 47.4. The highest BCUT2D eigenvalue weighted by Crippen LogP contribution is 2.41. The molecule has 0 radical (unpaired) electrons. The van der Waals surface area contributed by atoms with Crippen molar-refractivity contribution in [3.63, 3.8) is 0 Å². The minimum atomic E-state index is -4.82. The van der Waals surface area contributed by atoms with Crippen molar-refractivity contribution < 1.29 is 50.3 Å². The van der Waals surface area contributed by atoms with Crippen molar-refractivity contribution >= 4 is 81.6 Å². The molecule has 0 spiro atoms. The molecule has 3 saturated heterocycles. The number of nitrogens with zero attached hydrogens (tertiary/aromatic N) is 8. The summed E-state index contributed by atoms with van der Waals surface area (Å²) in [6, 6.07) is 6.70. The lowest BCUT2D eigenvalue weighted by atomic mass is 9.89. The summed E-state index contributed by atoms with van der Waals surface area (Å²) in [6.45, 7) is 3.12. The largest absolute Gasteiger partial charge is 0.417 e. The van der Waals surface area contributed by atoms with Gasteiger partial charge in [-0.3, -0.25) is 44.0 Å². The zero-order valence-corrected chi connectivity index (χ0v) is 36.0. The number of nitriles is 1. The summed E-state index contributed by atoms with van der Waals surface area (Å²) in [5.41, 5.74) is -2.26. The Kier molecular flexibility index (Phi) is 13.7. The molecular weight excluding hydrogens is 882 g/mol. The van der Waals surface area contributed by atoms with Crippen LogP contribution >= 0.6 is 24.6 Å². The molecule has 1 saturated carbocycles. The third-order valence-corrected chi connectivity index (χ3v) is 12.3. The number of carbonyl (C=O) groups is 4. The number of thiocarbonyl (C=S) groups is 1. The third-order valence-electron chi connectivity index (χ3n) is 11.9. The monoisotopic (exact) mass is 926 g/mol. The lowest BCUT2D eigenvalue weighted by Crippen LogP contribution is -2.60. The molecule has 1 aliphatic carbocycles. The second kappa shape index (κ2) is 18.2. The maximum absolute atomic E-state index is 14.4. The van der Waals surface area contributed by atoms with E-state index >= 15 is 0 Å². The Labute approximate surface area is 369 Å². The van der Waals surface area contributed by atoms with Gasteiger partial charge in [0.05, 0.1) is 53.3 Å². The fraction of sp³-hybridized carbons (Fsp3) is 0.525. The number of amides is 5. The number of hydrogen-bond acceptors (Lipinski definition) is 10. The molecule has 0 bridgehead atoms. The first-order chi connectivity index (χ1) is 29.2. The van der Waals surface area contributed by atoms with Gasteiger partial charge in [0.1, 0.15) is 11.6 Å². The summed E-state index contributed by atoms with van der Waals surface area (Å²) in [5.74, 6) is -1.30. The first-order valence-electron chi connectivity index (χ1n) is 20.0. The quantitative estimate of drug-likeness (QED) is 0.194. The molecule has 1 atom stereocenters. The maximum atomic E-state index is 14.4. The number of fused-ring (bicyclic) bond motifs is 1. The summed E-state index contributed by atoms with van der Waals surface area (Å²) in [6.07, 6.45) is -7.39. The van der Waals surface area contributed by atoms with E-state index in [4.69, 9.17) is 17.0 Å². The van der Waals surface area contributed by atoms with E-state index in [1.807, 2.05) is 0 Å². The highest BCUT2D eigenvalue weighted by Gasteiger charge is 2.53. The number of piperazine rings is 1. The molecule has 2 aromatic carbocycles. The summed E-state index contributed by atoms with van der Waals surface area (Å²) in [5, 5.41) is 19.2. The summed E-state index contributed by atoms with van der Waals surface area (Å²) in [7, 11) is 1.60. The summed E-state index contributed by atoms with van der Waals surface area (Å²) in [4.78, 5) is 58.0. The number of rotatable bonds is 10. The van der Waals surface area contributed by atoms with E-state index in [2.05, 4.69) is 15.7 Å². The highest BCUT2D eigenvalue weighted by molar-refractivity contribution is 7.80.